The fraction of sp³-hybridized carbons (Fsp3) is 0.308. The van der Waals surface area contributed by atoms with Gasteiger partial charge in [-0.2, -0.15) is 0 Å². The highest BCUT2D eigenvalue weighted by Gasteiger charge is 2.20. The van der Waals surface area contributed by atoms with E-state index in [1.165, 1.54) is 17.7 Å². The predicted molar refractivity (Wildman–Crippen MR) is 136 cm³/mol. The van der Waals surface area contributed by atoms with Crippen LogP contribution in [-0.4, -0.2) is 64.2 Å². The van der Waals surface area contributed by atoms with Crippen molar-refractivity contribution < 1.29 is 9.50 Å². The fourth-order valence-electron chi connectivity index (χ4n) is 4.57. The van der Waals surface area contributed by atoms with Crippen molar-refractivity contribution in [2.24, 2.45) is 0 Å². The Labute approximate surface area is 209 Å². The van der Waals surface area contributed by atoms with Crippen molar-refractivity contribution in [1.82, 2.24) is 25.1 Å². The number of aliphatic hydroxyl groups is 1. The van der Waals surface area contributed by atoms with E-state index in [2.05, 4.69) is 37.6 Å². The number of anilines is 2. The molecule has 2 aliphatic rings. The molecule has 1 fully saturated rings. The first-order valence-electron chi connectivity index (χ1n) is 11.8. The van der Waals surface area contributed by atoms with Gasteiger partial charge in [0.1, 0.15) is 5.82 Å². The lowest BCUT2D eigenvalue weighted by Crippen LogP contribution is -2.46. The van der Waals surface area contributed by atoms with Crippen molar-refractivity contribution in [3.8, 4) is 0 Å². The van der Waals surface area contributed by atoms with E-state index in [0.717, 1.165) is 61.7 Å². The van der Waals surface area contributed by atoms with Crippen LogP contribution in [0.3, 0.4) is 0 Å². The summed E-state index contributed by atoms with van der Waals surface area (Å²) in [7, 11) is 0. The van der Waals surface area contributed by atoms with Crippen LogP contribution in [0.4, 0.5) is 16.0 Å². The average molecular weight is 495 g/mol. The number of hydrogen-bond acceptors (Lipinski definition) is 7. The first kappa shape index (κ1) is 23.7. The molecule has 3 aromatic rings. The molecule has 0 unspecified atom stereocenters. The van der Waals surface area contributed by atoms with E-state index >= 15 is 0 Å². The molecule has 0 aliphatic carbocycles. The number of aliphatic hydroxyl groups excluding tert-OH is 1. The second-order valence-electron chi connectivity index (χ2n) is 8.80. The van der Waals surface area contributed by atoms with E-state index in [0.29, 0.717) is 23.2 Å². The van der Waals surface area contributed by atoms with Crippen LogP contribution in [-0.2, 0) is 13.1 Å². The summed E-state index contributed by atoms with van der Waals surface area (Å²) in [5, 5.41) is 16.0. The Morgan fingerprint density at radius 1 is 1.09 bits per heavy atom. The van der Waals surface area contributed by atoms with Gasteiger partial charge >= 0.3 is 0 Å². The first-order valence-corrected chi connectivity index (χ1v) is 12.1. The van der Waals surface area contributed by atoms with Crippen molar-refractivity contribution in [3.63, 3.8) is 0 Å². The molecule has 3 heterocycles. The van der Waals surface area contributed by atoms with Crippen molar-refractivity contribution in [2.45, 2.75) is 13.1 Å². The Kier molecular flexibility index (Phi) is 7.24. The molecule has 7 nitrogen and oxygen atoms in total. The van der Waals surface area contributed by atoms with Gasteiger partial charge in [-0.25, -0.2) is 14.4 Å². The zero-order valence-electron chi connectivity index (χ0n) is 19.3. The van der Waals surface area contributed by atoms with E-state index in [1.54, 1.807) is 12.3 Å². The van der Waals surface area contributed by atoms with Gasteiger partial charge in [-0.1, -0.05) is 29.8 Å². The standard InChI is InChI=1S/C26H28ClFN6O/c27-24-16-30-26(32-25(24)23-15-29-14-19-13-20(28)4-5-22(19)23)31-21-3-1-2-18(12-21)17-34-8-6-33(7-9-34)10-11-35/h1-5,12-13,15-16,29,35H,6-11,14,17H2,(H,30,31,32). The highest BCUT2D eigenvalue weighted by molar-refractivity contribution is 6.32. The van der Waals surface area contributed by atoms with E-state index in [1.807, 2.05) is 18.3 Å². The molecule has 2 aliphatic heterocycles. The maximum absolute atomic E-state index is 13.7. The summed E-state index contributed by atoms with van der Waals surface area (Å²) in [5.74, 6) is 0.171. The number of hydrogen-bond donors (Lipinski definition) is 3. The molecule has 2 aromatic carbocycles. The highest BCUT2D eigenvalue weighted by atomic mass is 35.5. The molecule has 1 aromatic heterocycles. The summed E-state index contributed by atoms with van der Waals surface area (Å²) in [6, 6.07) is 13.0. The quantitative estimate of drug-likeness (QED) is 0.463. The summed E-state index contributed by atoms with van der Waals surface area (Å²) in [6.45, 7) is 6.27. The second kappa shape index (κ2) is 10.7. The third-order valence-corrected chi connectivity index (χ3v) is 6.64. The molecular formula is C26H28ClFN6O. The number of fused-ring (bicyclic) bond motifs is 1. The molecule has 0 spiro atoms. The molecule has 1 saturated heterocycles. The van der Waals surface area contributed by atoms with Crippen LogP contribution in [0.25, 0.3) is 5.57 Å². The Hall–Kier alpha value is -3.04. The van der Waals surface area contributed by atoms with Gasteiger partial charge in [0.15, 0.2) is 0 Å². The topological polar surface area (TPSA) is 76.6 Å². The normalized spacial score (nSPS) is 16.4. The zero-order valence-corrected chi connectivity index (χ0v) is 20.1. The van der Waals surface area contributed by atoms with Crippen LogP contribution in [0.5, 0.6) is 0 Å². The minimum atomic E-state index is -0.269. The largest absolute Gasteiger partial charge is 0.395 e. The van der Waals surface area contributed by atoms with Crippen molar-refractivity contribution >= 4 is 28.8 Å². The lowest BCUT2D eigenvalue weighted by Gasteiger charge is -2.34. The van der Waals surface area contributed by atoms with Crippen LogP contribution in [0, 0.1) is 5.82 Å². The highest BCUT2D eigenvalue weighted by Crippen LogP contribution is 2.32. The van der Waals surface area contributed by atoms with Crippen molar-refractivity contribution in [2.75, 3.05) is 44.6 Å². The number of β-amino-alcohol motifs (C(OH)–C–C–N with tert-alkyl or cyclic N) is 1. The SMILES string of the molecule is OCCN1CCN(Cc2cccc(Nc3ncc(Cl)c(C4=CNCc5cc(F)ccc54)n3)c2)CC1. The summed E-state index contributed by atoms with van der Waals surface area (Å²) in [4.78, 5) is 13.8. The predicted octanol–water partition coefficient (Wildman–Crippen LogP) is 3.62. The van der Waals surface area contributed by atoms with Crippen LogP contribution in [0.1, 0.15) is 22.4 Å². The smallest absolute Gasteiger partial charge is 0.227 e. The average Bonchev–Trinajstić information content (AvgIpc) is 2.86. The van der Waals surface area contributed by atoms with E-state index in [9.17, 15) is 4.39 Å². The number of piperazine rings is 1. The van der Waals surface area contributed by atoms with Crippen LogP contribution in [0.2, 0.25) is 5.02 Å². The molecule has 5 rings (SSSR count). The Morgan fingerprint density at radius 2 is 1.91 bits per heavy atom. The van der Waals surface area contributed by atoms with Gasteiger partial charge in [-0.3, -0.25) is 9.80 Å². The monoisotopic (exact) mass is 494 g/mol. The molecule has 9 heteroatoms. The van der Waals surface area contributed by atoms with Gasteiger partial charge in [0.2, 0.25) is 5.95 Å². The van der Waals surface area contributed by atoms with Crippen LogP contribution < -0.4 is 10.6 Å². The number of aromatic nitrogens is 2. The molecule has 35 heavy (non-hydrogen) atoms. The van der Waals surface area contributed by atoms with Gasteiger partial charge in [-0.15, -0.1) is 0 Å². The molecule has 3 N–H and O–H groups in total. The lowest BCUT2D eigenvalue weighted by molar-refractivity contribution is 0.108. The van der Waals surface area contributed by atoms with Crippen molar-refractivity contribution in [3.05, 3.63) is 88.1 Å². The molecular weight excluding hydrogens is 467 g/mol. The maximum atomic E-state index is 13.7. The first-order chi connectivity index (χ1) is 17.1. The number of rotatable bonds is 7. The number of halogens is 2. The molecule has 0 bridgehead atoms. The molecule has 0 radical (unpaired) electrons. The van der Waals surface area contributed by atoms with E-state index in [-0.39, 0.29) is 12.4 Å². The third-order valence-electron chi connectivity index (χ3n) is 6.37. The molecule has 0 atom stereocenters. The minimum Gasteiger partial charge on any atom is -0.395 e. The van der Waals surface area contributed by atoms with Gasteiger partial charge < -0.3 is 15.7 Å². The molecule has 0 amide bonds. The number of benzene rings is 2. The van der Waals surface area contributed by atoms with Crippen LogP contribution in [0.15, 0.2) is 54.9 Å². The van der Waals surface area contributed by atoms with E-state index < -0.39 is 0 Å². The number of nitrogens with one attached hydrogen (secondary N) is 2. The Balaban J connectivity index is 1.31. The molecule has 0 saturated carbocycles. The Morgan fingerprint density at radius 3 is 2.74 bits per heavy atom. The van der Waals surface area contributed by atoms with Gasteiger partial charge in [0.25, 0.3) is 0 Å². The summed E-state index contributed by atoms with van der Waals surface area (Å²) in [5.41, 5.74) is 5.24. The minimum absolute atomic E-state index is 0.209. The van der Waals surface area contributed by atoms with E-state index in [4.69, 9.17) is 21.7 Å². The third kappa shape index (κ3) is 5.62. The summed E-state index contributed by atoms with van der Waals surface area (Å²) >= 11 is 6.48. The van der Waals surface area contributed by atoms with Crippen LogP contribution >= 0.6 is 11.6 Å². The van der Waals surface area contributed by atoms with Crippen molar-refractivity contribution in [1.29, 1.82) is 0 Å². The molecule has 182 valence electrons. The Bertz CT molecular complexity index is 1230. The zero-order chi connectivity index (χ0) is 24.2. The second-order valence-corrected chi connectivity index (χ2v) is 9.20. The number of nitrogens with zero attached hydrogens (tertiary/aromatic N) is 4. The van der Waals surface area contributed by atoms with Gasteiger partial charge in [-0.05, 0) is 41.0 Å². The lowest BCUT2D eigenvalue weighted by atomic mass is 9.95. The van der Waals surface area contributed by atoms with Gasteiger partial charge in [0, 0.05) is 63.3 Å². The summed E-state index contributed by atoms with van der Waals surface area (Å²) < 4.78 is 13.7. The fourth-order valence-corrected chi connectivity index (χ4v) is 4.76. The van der Waals surface area contributed by atoms with Gasteiger partial charge in [0.05, 0.1) is 23.5 Å². The summed E-state index contributed by atoms with van der Waals surface area (Å²) in [6.07, 6.45) is 3.44. The maximum Gasteiger partial charge on any atom is 0.227 e.